The molecule has 3 aromatic carbocycles. The minimum absolute atomic E-state index is 0.0607. The molecule has 0 saturated heterocycles. The van der Waals surface area contributed by atoms with Gasteiger partial charge in [-0.05, 0) is 55.5 Å². The molecule has 0 atom stereocenters. The maximum Gasteiger partial charge on any atom is 0.416 e. The number of alkyl halides is 3. The molecule has 0 fully saturated rings. The van der Waals surface area contributed by atoms with Crippen LogP contribution in [0.25, 0.3) is 0 Å². The number of benzene rings is 3. The van der Waals surface area contributed by atoms with Gasteiger partial charge in [0.05, 0.1) is 5.56 Å². The predicted molar refractivity (Wildman–Crippen MR) is 112 cm³/mol. The van der Waals surface area contributed by atoms with Crippen molar-refractivity contribution < 1.29 is 18.0 Å². The molecular formula is C23H18F3NOS. The zero-order chi connectivity index (χ0) is 21.4. The van der Waals surface area contributed by atoms with Crippen LogP contribution in [0.3, 0.4) is 0 Å². The molecule has 3 rings (SSSR count). The molecule has 148 valence electrons. The Kier molecular flexibility index (Phi) is 7.52. The minimum Gasteiger partial charge on any atom is -0.399 e. The molecule has 0 bridgehead atoms. The molecule has 0 aliphatic heterocycles. The van der Waals surface area contributed by atoms with E-state index in [1.165, 1.54) is 13.0 Å². The second-order valence-electron chi connectivity index (χ2n) is 6.02. The van der Waals surface area contributed by atoms with Gasteiger partial charge in [0.1, 0.15) is 0 Å². The number of halogens is 3. The molecule has 0 heterocycles. The number of rotatable bonds is 1. The fourth-order valence-corrected chi connectivity index (χ4v) is 2.57. The summed E-state index contributed by atoms with van der Waals surface area (Å²) in [7, 11) is 0. The highest BCUT2D eigenvalue weighted by Crippen LogP contribution is 2.29. The van der Waals surface area contributed by atoms with Gasteiger partial charge in [0, 0.05) is 27.3 Å². The largest absolute Gasteiger partial charge is 0.416 e. The molecule has 29 heavy (non-hydrogen) atoms. The third kappa shape index (κ3) is 7.05. The average Bonchev–Trinajstić information content (AvgIpc) is 2.68. The summed E-state index contributed by atoms with van der Waals surface area (Å²) in [6.07, 6.45) is -4.35. The van der Waals surface area contributed by atoms with E-state index in [2.05, 4.69) is 24.5 Å². The minimum atomic E-state index is -4.35. The van der Waals surface area contributed by atoms with Crippen molar-refractivity contribution in [3.05, 3.63) is 95.1 Å². The van der Waals surface area contributed by atoms with Crippen LogP contribution < -0.4 is 5.73 Å². The van der Waals surface area contributed by atoms with E-state index < -0.39 is 11.7 Å². The standard InChI is InChI=1S/C15H10F3N.C8H8OS/c16-15(17,18)13-3-1-2-12(10-13)5-4-11-6-8-14(19)9-7-11;1-6(9)7-4-2-3-5-8(7)10/h1-3,6-10H,19H2;2-5,10H,1H3. The van der Waals surface area contributed by atoms with Gasteiger partial charge >= 0.3 is 6.18 Å². The molecular weight excluding hydrogens is 395 g/mol. The lowest BCUT2D eigenvalue weighted by atomic mass is 10.1. The first kappa shape index (κ1) is 22.1. The lowest BCUT2D eigenvalue weighted by Gasteiger charge is -2.05. The topological polar surface area (TPSA) is 43.1 Å². The SMILES string of the molecule is CC(=O)c1ccccc1S.Nc1ccc(C#Cc2cccc(C(F)(F)F)c2)cc1. The molecule has 0 unspecified atom stereocenters. The maximum atomic E-state index is 12.5. The normalized spacial score (nSPS) is 10.2. The highest BCUT2D eigenvalue weighted by atomic mass is 32.1. The Bertz CT molecular complexity index is 1050. The summed E-state index contributed by atoms with van der Waals surface area (Å²) < 4.78 is 37.5. The number of carbonyl (C=O) groups is 1. The lowest BCUT2D eigenvalue weighted by Crippen LogP contribution is -2.04. The van der Waals surface area contributed by atoms with Crippen molar-refractivity contribution in [3.8, 4) is 11.8 Å². The highest BCUT2D eigenvalue weighted by Gasteiger charge is 2.30. The van der Waals surface area contributed by atoms with E-state index in [9.17, 15) is 18.0 Å². The predicted octanol–water partition coefficient (Wildman–Crippen LogP) is 5.87. The van der Waals surface area contributed by atoms with Crippen molar-refractivity contribution in [2.45, 2.75) is 18.0 Å². The van der Waals surface area contributed by atoms with Gasteiger partial charge in [-0.15, -0.1) is 12.6 Å². The van der Waals surface area contributed by atoms with Crippen LogP contribution in [-0.4, -0.2) is 5.78 Å². The molecule has 0 aromatic heterocycles. The fraction of sp³-hybridized carbons (Fsp3) is 0.0870. The van der Waals surface area contributed by atoms with Crippen LogP contribution in [0.4, 0.5) is 18.9 Å². The van der Waals surface area contributed by atoms with Gasteiger partial charge in [0.25, 0.3) is 0 Å². The smallest absolute Gasteiger partial charge is 0.399 e. The van der Waals surface area contributed by atoms with Crippen LogP contribution in [0.5, 0.6) is 0 Å². The average molecular weight is 413 g/mol. The molecule has 0 aliphatic carbocycles. The molecule has 3 aromatic rings. The van der Waals surface area contributed by atoms with Crippen LogP contribution in [0.1, 0.15) is 34.0 Å². The third-order valence-corrected chi connectivity index (χ3v) is 4.13. The zero-order valence-electron chi connectivity index (χ0n) is 15.5. The monoisotopic (exact) mass is 413 g/mol. The van der Waals surface area contributed by atoms with E-state index in [-0.39, 0.29) is 5.78 Å². The number of thiol groups is 1. The quantitative estimate of drug-likeness (QED) is 0.227. The first-order valence-electron chi connectivity index (χ1n) is 8.50. The molecule has 2 N–H and O–H groups in total. The van der Waals surface area contributed by atoms with Crippen molar-refractivity contribution in [2.75, 3.05) is 5.73 Å². The molecule has 2 nitrogen and oxygen atoms in total. The Morgan fingerprint density at radius 1 is 0.897 bits per heavy atom. The van der Waals surface area contributed by atoms with Crippen molar-refractivity contribution in [1.82, 2.24) is 0 Å². The van der Waals surface area contributed by atoms with E-state index in [0.717, 1.165) is 17.0 Å². The van der Waals surface area contributed by atoms with Crippen LogP contribution in [0, 0.1) is 11.8 Å². The van der Waals surface area contributed by atoms with Crippen LogP contribution in [-0.2, 0) is 6.18 Å². The van der Waals surface area contributed by atoms with Crippen molar-refractivity contribution in [2.24, 2.45) is 0 Å². The number of hydrogen-bond donors (Lipinski definition) is 2. The number of nitrogens with two attached hydrogens (primary N) is 1. The Morgan fingerprint density at radius 3 is 2.07 bits per heavy atom. The second kappa shape index (κ2) is 9.85. The van der Waals surface area contributed by atoms with Gasteiger partial charge in [0.2, 0.25) is 0 Å². The van der Waals surface area contributed by atoms with Gasteiger partial charge in [-0.2, -0.15) is 13.2 Å². The highest BCUT2D eigenvalue weighted by molar-refractivity contribution is 7.80. The summed E-state index contributed by atoms with van der Waals surface area (Å²) in [6, 6.07) is 19.0. The van der Waals surface area contributed by atoms with Crippen LogP contribution in [0.2, 0.25) is 0 Å². The van der Waals surface area contributed by atoms with E-state index >= 15 is 0 Å². The summed E-state index contributed by atoms with van der Waals surface area (Å²) >= 11 is 4.12. The second-order valence-corrected chi connectivity index (χ2v) is 6.51. The summed E-state index contributed by atoms with van der Waals surface area (Å²) in [6.45, 7) is 1.54. The molecule has 6 heteroatoms. The molecule has 0 saturated carbocycles. The van der Waals surface area contributed by atoms with E-state index in [0.29, 0.717) is 22.4 Å². The summed E-state index contributed by atoms with van der Waals surface area (Å²) in [5, 5.41) is 0. The molecule has 0 spiro atoms. The fourth-order valence-electron chi connectivity index (χ4n) is 2.26. The molecule has 0 amide bonds. The Morgan fingerprint density at radius 2 is 1.52 bits per heavy atom. The van der Waals surface area contributed by atoms with E-state index in [4.69, 9.17) is 5.73 Å². The lowest BCUT2D eigenvalue weighted by molar-refractivity contribution is -0.137. The van der Waals surface area contributed by atoms with E-state index in [1.54, 1.807) is 42.5 Å². The van der Waals surface area contributed by atoms with Gasteiger partial charge < -0.3 is 5.73 Å². The first-order valence-corrected chi connectivity index (χ1v) is 8.95. The van der Waals surface area contributed by atoms with E-state index in [1.807, 2.05) is 12.1 Å². The van der Waals surface area contributed by atoms with Gasteiger partial charge in [-0.1, -0.05) is 36.1 Å². The molecule has 0 aliphatic rings. The van der Waals surface area contributed by atoms with Crippen molar-refractivity contribution >= 4 is 24.1 Å². The zero-order valence-corrected chi connectivity index (χ0v) is 16.4. The van der Waals surface area contributed by atoms with Gasteiger partial charge in [-0.25, -0.2) is 0 Å². The third-order valence-electron chi connectivity index (χ3n) is 3.74. The first-order chi connectivity index (χ1) is 13.7. The van der Waals surface area contributed by atoms with Gasteiger partial charge in [-0.3, -0.25) is 4.79 Å². The Balaban J connectivity index is 0.000000253. The number of Topliss-reactive ketones (excluding diaryl/α,β-unsaturated/α-hetero) is 1. The number of carbonyl (C=O) groups excluding carboxylic acids is 1. The Hall–Kier alpha value is -3.17. The van der Waals surface area contributed by atoms with Gasteiger partial charge in [0.15, 0.2) is 5.78 Å². The van der Waals surface area contributed by atoms with Crippen molar-refractivity contribution in [3.63, 3.8) is 0 Å². The molecule has 0 radical (unpaired) electrons. The Labute approximate surface area is 173 Å². The number of hydrogen-bond acceptors (Lipinski definition) is 3. The summed E-state index contributed by atoms with van der Waals surface area (Å²) in [5.74, 6) is 5.56. The maximum absolute atomic E-state index is 12.5. The summed E-state index contributed by atoms with van der Waals surface area (Å²) in [5.41, 5.74) is 7.16. The van der Waals surface area contributed by atoms with Crippen LogP contribution in [0.15, 0.2) is 77.7 Å². The van der Waals surface area contributed by atoms with Crippen LogP contribution >= 0.6 is 12.6 Å². The van der Waals surface area contributed by atoms with Crippen molar-refractivity contribution in [1.29, 1.82) is 0 Å². The number of anilines is 1. The number of ketones is 1. The summed E-state index contributed by atoms with van der Waals surface area (Å²) in [4.78, 5) is 11.6. The number of nitrogen functional groups attached to an aromatic ring is 1.